The summed E-state index contributed by atoms with van der Waals surface area (Å²) in [6.07, 6.45) is 1.31. The standard InChI is InChI=1S/C32H29NO4S/c1-35-28-17-24-25(18-29(28)36-2)33-26-15-22(30-9-6-14-38-30)16-27(34)32(26)31(24)21-10-12-23(13-11-21)37-19-20-7-4-3-5-8-20/h3-14,17-18,22,31,33H,15-16,19H2,1-2H3. The van der Waals surface area contributed by atoms with Crippen molar-refractivity contribution in [2.45, 2.75) is 31.3 Å². The van der Waals surface area contributed by atoms with Gasteiger partial charge in [0.2, 0.25) is 0 Å². The average molecular weight is 524 g/mol. The van der Waals surface area contributed by atoms with Gasteiger partial charge in [-0.05, 0) is 52.8 Å². The number of nitrogens with one attached hydrogen (secondary N) is 1. The Kier molecular flexibility index (Phi) is 6.64. The molecule has 2 atom stereocenters. The van der Waals surface area contributed by atoms with Gasteiger partial charge in [0.05, 0.1) is 14.2 Å². The van der Waals surface area contributed by atoms with Crippen molar-refractivity contribution < 1.29 is 19.0 Å². The number of anilines is 1. The lowest BCUT2D eigenvalue weighted by Gasteiger charge is -2.36. The molecule has 0 bridgehead atoms. The summed E-state index contributed by atoms with van der Waals surface area (Å²) in [5, 5.41) is 5.68. The predicted octanol–water partition coefficient (Wildman–Crippen LogP) is 7.30. The number of rotatable bonds is 7. The number of Topliss-reactive ketones (excluding diaryl/α,β-unsaturated/α-hetero) is 1. The smallest absolute Gasteiger partial charge is 0.162 e. The summed E-state index contributed by atoms with van der Waals surface area (Å²) in [6.45, 7) is 0.505. The highest BCUT2D eigenvalue weighted by Gasteiger charge is 2.39. The van der Waals surface area contributed by atoms with E-state index in [0.717, 1.165) is 45.8 Å². The van der Waals surface area contributed by atoms with Crippen LogP contribution in [0.25, 0.3) is 0 Å². The van der Waals surface area contributed by atoms with Crippen LogP contribution in [0.4, 0.5) is 5.69 Å². The highest BCUT2D eigenvalue weighted by Crippen LogP contribution is 2.50. The number of carbonyl (C=O) groups excluding carboxylic acids is 1. The monoisotopic (exact) mass is 523 g/mol. The molecule has 38 heavy (non-hydrogen) atoms. The minimum Gasteiger partial charge on any atom is -0.493 e. The molecule has 0 saturated heterocycles. The second-order valence-electron chi connectivity index (χ2n) is 9.63. The Labute approximate surface area is 226 Å². The molecule has 0 amide bonds. The van der Waals surface area contributed by atoms with E-state index in [9.17, 15) is 4.79 Å². The topological polar surface area (TPSA) is 56.8 Å². The number of thiophene rings is 1. The van der Waals surface area contributed by atoms with Crippen LogP contribution < -0.4 is 19.5 Å². The van der Waals surface area contributed by atoms with Crippen molar-refractivity contribution in [3.05, 3.63) is 117 Å². The van der Waals surface area contributed by atoms with E-state index in [4.69, 9.17) is 14.2 Å². The molecule has 192 valence electrons. The average Bonchev–Trinajstić information content (AvgIpc) is 3.50. The molecule has 0 saturated carbocycles. The van der Waals surface area contributed by atoms with Gasteiger partial charge in [-0.25, -0.2) is 0 Å². The van der Waals surface area contributed by atoms with Crippen molar-refractivity contribution in [1.82, 2.24) is 0 Å². The third kappa shape index (κ3) is 4.56. The minimum atomic E-state index is -0.207. The number of allylic oxidation sites excluding steroid dienone is 2. The van der Waals surface area contributed by atoms with Gasteiger partial charge in [0, 0.05) is 46.2 Å². The second-order valence-corrected chi connectivity index (χ2v) is 10.6. The number of benzene rings is 3. The molecule has 6 heteroatoms. The Morgan fingerprint density at radius 1 is 0.895 bits per heavy atom. The SMILES string of the molecule is COc1cc2c(cc1OC)C(c1ccc(OCc3ccccc3)cc1)C1=C(CC(c3cccs3)CC1=O)N2. The molecule has 1 N–H and O–H groups in total. The van der Waals surface area contributed by atoms with Gasteiger partial charge in [-0.15, -0.1) is 11.3 Å². The van der Waals surface area contributed by atoms with Crippen LogP contribution in [0, 0.1) is 0 Å². The fourth-order valence-corrected chi connectivity index (χ4v) is 6.34. The summed E-state index contributed by atoms with van der Waals surface area (Å²) in [6, 6.07) is 26.4. The summed E-state index contributed by atoms with van der Waals surface area (Å²) < 4.78 is 17.3. The molecule has 5 nitrogen and oxygen atoms in total. The highest BCUT2D eigenvalue weighted by atomic mass is 32.1. The first kappa shape index (κ1) is 24.3. The number of fused-ring (bicyclic) bond motifs is 1. The fourth-order valence-electron chi connectivity index (χ4n) is 5.51. The maximum Gasteiger partial charge on any atom is 0.162 e. The van der Waals surface area contributed by atoms with Gasteiger partial charge in [0.15, 0.2) is 17.3 Å². The number of carbonyl (C=O) groups is 1. The highest BCUT2D eigenvalue weighted by molar-refractivity contribution is 7.10. The zero-order valence-corrected chi connectivity index (χ0v) is 22.2. The molecular weight excluding hydrogens is 494 g/mol. The van der Waals surface area contributed by atoms with E-state index >= 15 is 0 Å². The van der Waals surface area contributed by atoms with E-state index < -0.39 is 0 Å². The number of hydrogen-bond acceptors (Lipinski definition) is 6. The molecule has 4 aromatic rings. The Bertz CT molecular complexity index is 1480. The zero-order valence-electron chi connectivity index (χ0n) is 21.4. The van der Waals surface area contributed by atoms with Crippen LogP contribution in [0.2, 0.25) is 0 Å². The van der Waals surface area contributed by atoms with E-state index in [1.807, 2.05) is 54.6 Å². The van der Waals surface area contributed by atoms with Gasteiger partial charge < -0.3 is 19.5 Å². The third-order valence-electron chi connectivity index (χ3n) is 7.36. The molecule has 1 aliphatic heterocycles. The van der Waals surface area contributed by atoms with Crippen LogP contribution in [-0.2, 0) is 11.4 Å². The van der Waals surface area contributed by atoms with E-state index in [1.165, 1.54) is 4.88 Å². The van der Waals surface area contributed by atoms with Crippen LogP contribution in [-0.4, -0.2) is 20.0 Å². The lowest BCUT2D eigenvalue weighted by Crippen LogP contribution is -2.29. The summed E-state index contributed by atoms with van der Waals surface area (Å²) >= 11 is 1.72. The number of methoxy groups -OCH3 is 2. The van der Waals surface area contributed by atoms with Crippen LogP contribution in [0.5, 0.6) is 17.2 Å². The molecule has 6 rings (SSSR count). The molecule has 1 aliphatic carbocycles. The largest absolute Gasteiger partial charge is 0.493 e. The minimum absolute atomic E-state index is 0.185. The number of ether oxygens (including phenoxy) is 3. The summed E-state index contributed by atoms with van der Waals surface area (Å²) in [5.41, 5.74) is 5.94. The van der Waals surface area contributed by atoms with Crippen LogP contribution in [0.15, 0.2) is 95.5 Å². The molecule has 2 unspecified atom stereocenters. The first-order valence-corrected chi connectivity index (χ1v) is 13.6. The van der Waals surface area contributed by atoms with E-state index in [-0.39, 0.29) is 17.6 Å². The first-order chi connectivity index (χ1) is 18.6. The summed E-state index contributed by atoms with van der Waals surface area (Å²) in [4.78, 5) is 15.0. The van der Waals surface area contributed by atoms with Gasteiger partial charge in [0.25, 0.3) is 0 Å². The van der Waals surface area contributed by atoms with E-state index in [2.05, 4.69) is 35.0 Å². The lowest BCUT2D eigenvalue weighted by atomic mass is 9.73. The Hall–Kier alpha value is -4.03. The fraction of sp³-hybridized carbons (Fsp3) is 0.219. The number of ketones is 1. The predicted molar refractivity (Wildman–Crippen MR) is 151 cm³/mol. The molecule has 0 spiro atoms. The van der Waals surface area contributed by atoms with Crippen molar-refractivity contribution in [3.63, 3.8) is 0 Å². The Morgan fingerprint density at radius 2 is 1.66 bits per heavy atom. The van der Waals surface area contributed by atoms with Gasteiger partial charge in [-0.2, -0.15) is 0 Å². The van der Waals surface area contributed by atoms with Gasteiger partial charge in [-0.1, -0.05) is 48.5 Å². The number of hydrogen-bond donors (Lipinski definition) is 1. The molecule has 0 fully saturated rings. The first-order valence-electron chi connectivity index (χ1n) is 12.7. The van der Waals surface area contributed by atoms with Crippen LogP contribution >= 0.6 is 11.3 Å². The molecule has 2 heterocycles. The van der Waals surface area contributed by atoms with Crippen LogP contribution in [0.1, 0.15) is 46.2 Å². The van der Waals surface area contributed by atoms with Crippen LogP contribution in [0.3, 0.4) is 0 Å². The summed E-state index contributed by atoms with van der Waals surface area (Å²) in [7, 11) is 3.27. The molecule has 3 aromatic carbocycles. The normalized spacial score (nSPS) is 18.3. The van der Waals surface area contributed by atoms with Gasteiger partial charge >= 0.3 is 0 Å². The third-order valence-corrected chi connectivity index (χ3v) is 8.39. The van der Waals surface area contributed by atoms with Crippen molar-refractivity contribution in [2.24, 2.45) is 0 Å². The molecule has 1 aromatic heterocycles. The molecule has 0 radical (unpaired) electrons. The zero-order chi connectivity index (χ0) is 26.1. The lowest BCUT2D eigenvalue weighted by molar-refractivity contribution is -0.116. The second kappa shape index (κ2) is 10.4. The maximum absolute atomic E-state index is 13.8. The summed E-state index contributed by atoms with van der Waals surface area (Å²) in [5.74, 6) is 2.26. The maximum atomic E-state index is 13.8. The van der Waals surface area contributed by atoms with Crippen molar-refractivity contribution >= 4 is 22.8 Å². The molecular formula is C32H29NO4S. The van der Waals surface area contributed by atoms with Crippen molar-refractivity contribution in [2.75, 3.05) is 19.5 Å². The van der Waals surface area contributed by atoms with E-state index in [0.29, 0.717) is 24.5 Å². The van der Waals surface area contributed by atoms with Crippen molar-refractivity contribution in [3.8, 4) is 17.2 Å². The Morgan fingerprint density at radius 3 is 2.37 bits per heavy atom. The Balaban J connectivity index is 1.38. The van der Waals surface area contributed by atoms with Crippen molar-refractivity contribution in [1.29, 1.82) is 0 Å². The quantitative estimate of drug-likeness (QED) is 0.275. The van der Waals surface area contributed by atoms with E-state index in [1.54, 1.807) is 25.6 Å². The van der Waals surface area contributed by atoms with Gasteiger partial charge in [-0.3, -0.25) is 4.79 Å². The molecule has 2 aliphatic rings. The van der Waals surface area contributed by atoms with Gasteiger partial charge in [0.1, 0.15) is 12.4 Å².